The number of epoxide rings is 1. The van der Waals surface area contributed by atoms with E-state index in [4.69, 9.17) is 21.1 Å². The van der Waals surface area contributed by atoms with Crippen LogP contribution in [-0.4, -0.2) is 12.7 Å². The minimum absolute atomic E-state index is 0.149. The first-order chi connectivity index (χ1) is 6.66. The van der Waals surface area contributed by atoms with Crippen molar-refractivity contribution in [2.24, 2.45) is 0 Å². The van der Waals surface area contributed by atoms with Crippen LogP contribution in [-0.2, 0) is 4.74 Å². The minimum Gasteiger partial charge on any atom is -0.489 e. The molecule has 1 aromatic carbocycles. The van der Waals surface area contributed by atoms with Crippen LogP contribution in [0.15, 0.2) is 18.2 Å². The molecule has 1 heterocycles. The maximum absolute atomic E-state index is 6.06. The van der Waals surface area contributed by atoms with Gasteiger partial charge in [-0.25, -0.2) is 0 Å². The summed E-state index contributed by atoms with van der Waals surface area (Å²) in [7, 11) is 0. The molecule has 0 aliphatic carbocycles. The van der Waals surface area contributed by atoms with Crippen LogP contribution in [0.3, 0.4) is 0 Å². The zero-order valence-corrected chi connectivity index (χ0v) is 9.04. The van der Waals surface area contributed by atoms with Crippen LogP contribution >= 0.6 is 11.6 Å². The highest BCUT2D eigenvalue weighted by Gasteiger charge is 2.25. The number of hydrogen-bond donors (Lipinski definition) is 0. The van der Waals surface area contributed by atoms with Crippen LogP contribution in [0.5, 0.6) is 5.75 Å². The Balaban J connectivity index is 2.17. The smallest absolute Gasteiger partial charge is 0.138 e. The van der Waals surface area contributed by atoms with Crippen LogP contribution in [0.4, 0.5) is 0 Å². The van der Waals surface area contributed by atoms with Gasteiger partial charge in [-0.2, -0.15) is 0 Å². The lowest BCUT2D eigenvalue weighted by Crippen LogP contribution is -2.05. The zero-order valence-electron chi connectivity index (χ0n) is 8.29. The average Bonchev–Trinajstić information content (AvgIpc) is 2.90. The first kappa shape index (κ1) is 9.81. The monoisotopic (exact) mass is 212 g/mol. The Hall–Kier alpha value is -0.730. The van der Waals surface area contributed by atoms with Crippen LogP contribution in [0.2, 0.25) is 5.02 Å². The van der Waals surface area contributed by atoms with Crippen molar-refractivity contribution >= 4 is 11.6 Å². The minimum atomic E-state index is 0.149. The van der Waals surface area contributed by atoms with Crippen molar-refractivity contribution < 1.29 is 9.47 Å². The number of benzene rings is 1. The van der Waals surface area contributed by atoms with E-state index in [1.807, 2.05) is 32.0 Å². The Morgan fingerprint density at radius 2 is 2.21 bits per heavy atom. The molecule has 1 unspecified atom stereocenters. The summed E-state index contributed by atoms with van der Waals surface area (Å²) in [5, 5.41) is 0.659. The summed E-state index contributed by atoms with van der Waals surface area (Å²) in [4.78, 5) is 0. The van der Waals surface area contributed by atoms with E-state index in [9.17, 15) is 0 Å². The third-order valence-electron chi connectivity index (χ3n) is 2.02. The molecule has 1 fully saturated rings. The van der Waals surface area contributed by atoms with Crippen LogP contribution in [0.1, 0.15) is 25.5 Å². The van der Waals surface area contributed by atoms with Crippen molar-refractivity contribution in [1.29, 1.82) is 0 Å². The molecule has 3 heteroatoms. The van der Waals surface area contributed by atoms with Gasteiger partial charge in [0.1, 0.15) is 11.9 Å². The molecule has 1 aliphatic rings. The normalized spacial score (nSPS) is 19.9. The SMILES string of the molecule is CC(C)Oc1ccc(C2CO2)cc1Cl. The second-order valence-corrected chi connectivity index (χ2v) is 4.09. The topological polar surface area (TPSA) is 21.8 Å². The maximum atomic E-state index is 6.06. The summed E-state index contributed by atoms with van der Waals surface area (Å²) in [6, 6.07) is 5.82. The zero-order chi connectivity index (χ0) is 10.1. The van der Waals surface area contributed by atoms with Gasteiger partial charge in [0.05, 0.1) is 17.7 Å². The van der Waals surface area contributed by atoms with Gasteiger partial charge in [-0.15, -0.1) is 0 Å². The number of hydrogen-bond acceptors (Lipinski definition) is 2. The lowest BCUT2D eigenvalue weighted by molar-refractivity contribution is 0.242. The molecule has 2 rings (SSSR count). The molecule has 0 bridgehead atoms. The summed E-state index contributed by atoms with van der Waals surface area (Å²) in [6.07, 6.45) is 0.399. The van der Waals surface area contributed by atoms with E-state index >= 15 is 0 Å². The second-order valence-electron chi connectivity index (χ2n) is 3.68. The lowest BCUT2D eigenvalue weighted by atomic mass is 10.1. The van der Waals surface area contributed by atoms with E-state index in [1.165, 1.54) is 0 Å². The van der Waals surface area contributed by atoms with E-state index in [1.54, 1.807) is 0 Å². The quantitative estimate of drug-likeness (QED) is 0.718. The van der Waals surface area contributed by atoms with Gasteiger partial charge < -0.3 is 9.47 Å². The number of halogens is 1. The van der Waals surface area contributed by atoms with Gasteiger partial charge in [0.2, 0.25) is 0 Å². The van der Waals surface area contributed by atoms with E-state index in [0.717, 1.165) is 17.9 Å². The van der Waals surface area contributed by atoms with Gasteiger partial charge in [-0.05, 0) is 31.5 Å². The number of rotatable bonds is 3. The fraction of sp³-hybridized carbons (Fsp3) is 0.455. The summed E-state index contributed by atoms with van der Waals surface area (Å²) >= 11 is 6.06. The average molecular weight is 213 g/mol. The van der Waals surface area contributed by atoms with E-state index in [-0.39, 0.29) is 12.2 Å². The highest BCUT2D eigenvalue weighted by molar-refractivity contribution is 6.32. The highest BCUT2D eigenvalue weighted by Crippen LogP contribution is 2.34. The van der Waals surface area contributed by atoms with Gasteiger partial charge >= 0.3 is 0 Å². The molecule has 0 radical (unpaired) electrons. The van der Waals surface area contributed by atoms with Gasteiger partial charge in [0.25, 0.3) is 0 Å². The van der Waals surface area contributed by atoms with E-state index in [2.05, 4.69) is 0 Å². The third-order valence-corrected chi connectivity index (χ3v) is 2.32. The molecule has 0 aromatic heterocycles. The van der Waals surface area contributed by atoms with Crippen LogP contribution in [0.25, 0.3) is 0 Å². The largest absolute Gasteiger partial charge is 0.489 e. The van der Waals surface area contributed by atoms with Crippen molar-refractivity contribution in [1.82, 2.24) is 0 Å². The molecule has 14 heavy (non-hydrogen) atoms. The Bertz CT molecular complexity index is 332. The Morgan fingerprint density at radius 1 is 1.50 bits per heavy atom. The second kappa shape index (κ2) is 3.79. The Labute approximate surface area is 88.8 Å². The first-order valence-corrected chi connectivity index (χ1v) is 5.12. The summed E-state index contributed by atoms with van der Waals surface area (Å²) < 4.78 is 10.7. The predicted molar refractivity (Wildman–Crippen MR) is 55.9 cm³/mol. The summed E-state index contributed by atoms with van der Waals surface area (Å²) in [5.41, 5.74) is 1.13. The summed E-state index contributed by atoms with van der Waals surface area (Å²) in [6.45, 7) is 4.77. The Kier molecular flexibility index (Phi) is 2.66. The van der Waals surface area contributed by atoms with Crippen molar-refractivity contribution in [3.63, 3.8) is 0 Å². The Morgan fingerprint density at radius 3 is 2.71 bits per heavy atom. The van der Waals surface area contributed by atoms with Crippen molar-refractivity contribution in [3.05, 3.63) is 28.8 Å². The van der Waals surface area contributed by atoms with Crippen LogP contribution < -0.4 is 4.74 Å². The van der Waals surface area contributed by atoms with Crippen molar-refractivity contribution in [2.45, 2.75) is 26.1 Å². The molecule has 0 saturated carbocycles. The molecule has 0 N–H and O–H groups in total. The fourth-order valence-electron chi connectivity index (χ4n) is 1.31. The van der Waals surface area contributed by atoms with E-state index < -0.39 is 0 Å². The molecule has 76 valence electrons. The molecule has 1 atom stereocenters. The van der Waals surface area contributed by atoms with Crippen molar-refractivity contribution in [3.8, 4) is 5.75 Å². The van der Waals surface area contributed by atoms with Gasteiger partial charge in [0.15, 0.2) is 0 Å². The predicted octanol–water partition coefficient (Wildman–Crippen LogP) is 3.20. The molecule has 2 nitrogen and oxygen atoms in total. The van der Waals surface area contributed by atoms with E-state index in [0.29, 0.717) is 5.02 Å². The van der Waals surface area contributed by atoms with Gasteiger partial charge in [-0.3, -0.25) is 0 Å². The van der Waals surface area contributed by atoms with Crippen molar-refractivity contribution in [2.75, 3.05) is 6.61 Å². The molecule has 1 aromatic rings. The molecular weight excluding hydrogens is 200 g/mol. The third kappa shape index (κ3) is 2.20. The van der Waals surface area contributed by atoms with Crippen LogP contribution in [0, 0.1) is 0 Å². The first-order valence-electron chi connectivity index (χ1n) is 4.74. The molecular formula is C11H13ClO2. The summed E-state index contributed by atoms with van der Waals surface area (Å²) in [5.74, 6) is 0.742. The molecule has 0 spiro atoms. The fourth-order valence-corrected chi connectivity index (χ4v) is 1.54. The molecule has 1 saturated heterocycles. The lowest BCUT2D eigenvalue weighted by Gasteiger charge is -2.11. The standard InChI is InChI=1S/C11H13ClO2/c1-7(2)14-10-4-3-8(5-9(10)12)11-6-13-11/h3-5,7,11H,6H2,1-2H3. The molecule has 0 amide bonds. The number of ether oxygens (including phenoxy) is 2. The molecule has 1 aliphatic heterocycles. The highest BCUT2D eigenvalue weighted by atomic mass is 35.5. The van der Waals surface area contributed by atoms with Gasteiger partial charge in [0, 0.05) is 0 Å². The maximum Gasteiger partial charge on any atom is 0.138 e. The van der Waals surface area contributed by atoms with Gasteiger partial charge in [-0.1, -0.05) is 17.7 Å².